The number of rotatable bonds is 12. The largest absolute Gasteiger partial charge is 0.497 e. The molecule has 0 unspecified atom stereocenters. The fourth-order valence-corrected chi connectivity index (χ4v) is 4.28. The molecule has 0 aliphatic carbocycles. The van der Waals surface area contributed by atoms with Gasteiger partial charge in [-0.2, -0.15) is 0 Å². The lowest BCUT2D eigenvalue weighted by molar-refractivity contribution is -0.141. The summed E-state index contributed by atoms with van der Waals surface area (Å²) in [5.74, 6) is 0.693. The van der Waals surface area contributed by atoms with Gasteiger partial charge in [-0.05, 0) is 41.1 Å². The van der Waals surface area contributed by atoms with Crippen LogP contribution in [0.25, 0.3) is 0 Å². The van der Waals surface area contributed by atoms with Crippen LogP contribution >= 0.6 is 11.3 Å². The molecule has 0 radical (unpaired) electrons. The molecule has 1 heterocycles. The van der Waals surface area contributed by atoms with E-state index in [1.807, 2.05) is 77.0 Å². The van der Waals surface area contributed by atoms with E-state index >= 15 is 0 Å². The Hall–Kier alpha value is -3.12. The summed E-state index contributed by atoms with van der Waals surface area (Å²) in [6, 6.07) is 21.5. The second kappa shape index (κ2) is 12.8. The molecule has 2 amide bonds. The standard InChI is InChI=1S/C27H32N2O3S/c1-3-4-16-28(26(30)18-22-12-14-24(32-2)15-13-22)21-27(31)29(20-25-11-8-17-33-25)19-23-9-6-5-7-10-23/h5-15,17H,3-4,16,18-21H2,1-2H3. The molecule has 3 rings (SSSR count). The third-order valence-electron chi connectivity index (χ3n) is 5.47. The van der Waals surface area contributed by atoms with E-state index in [2.05, 4.69) is 6.92 Å². The number of hydrogen-bond acceptors (Lipinski definition) is 4. The quantitative estimate of drug-likeness (QED) is 0.372. The minimum atomic E-state index is -0.0357. The molecule has 0 saturated carbocycles. The highest BCUT2D eigenvalue weighted by Gasteiger charge is 2.22. The lowest BCUT2D eigenvalue weighted by atomic mass is 10.1. The second-order valence-electron chi connectivity index (χ2n) is 8.01. The number of nitrogens with zero attached hydrogens (tertiary/aromatic N) is 2. The van der Waals surface area contributed by atoms with Crippen molar-refractivity contribution in [3.63, 3.8) is 0 Å². The highest BCUT2D eigenvalue weighted by Crippen LogP contribution is 2.16. The number of methoxy groups -OCH3 is 1. The molecular formula is C27H32N2O3S. The predicted molar refractivity (Wildman–Crippen MR) is 133 cm³/mol. The first-order valence-corrected chi connectivity index (χ1v) is 12.2. The molecule has 0 saturated heterocycles. The average molecular weight is 465 g/mol. The van der Waals surface area contributed by atoms with Crippen LogP contribution in [0.2, 0.25) is 0 Å². The van der Waals surface area contributed by atoms with E-state index in [9.17, 15) is 9.59 Å². The Morgan fingerprint density at radius 2 is 1.61 bits per heavy atom. The summed E-state index contributed by atoms with van der Waals surface area (Å²) in [5.41, 5.74) is 1.99. The summed E-state index contributed by atoms with van der Waals surface area (Å²) in [6.45, 7) is 3.82. The minimum Gasteiger partial charge on any atom is -0.497 e. The molecule has 3 aromatic rings. The monoisotopic (exact) mass is 464 g/mol. The van der Waals surface area contributed by atoms with Crippen LogP contribution in [0.4, 0.5) is 0 Å². The molecular weight excluding hydrogens is 432 g/mol. The Morgan fingerprint density at radius 3 is 2.24 bits per heavy atom. The van der Waals surface area contributed by atoms with E-state index < -0.39 is 0 Å². The van der Waals surface area contributed by atoms with Crippen LogP contribution in [0.5, 0.6) is 5.75 Å². The maximum Gasteiger partial charge on any atom is 0.242 e. The highest BCUT2D eigenvalue weighted by molar-refractivity contribution is 7.09. The Morgan fingerprint density at radius 1 is 0.848 bits per heavy atom. The van der Waals surface area contributed by atoms with Crippen LogP contribution in [0, 0.1) is 0 Å². The van der Waals surface area contributed by atoms with Gasteiger partial charge in [0.15, 0.2) is 0 Å². The van der Waals surface area contributed by atoms with Crippen LogP contribution in [0.15, 0.2) is 72.1 Å². The second-order valence-corrected chi connectivity index (χ2v) is 9.04. The van der Waals surface area contributed by atoms with Crippen LogP contribution in [0.3, 0.4) is 0 Å². The molecule has 33 heavy (non-hydrogen) atoms. The van der Waals surface area contributed by atoms with Crippen molar-refractivity contribution < 1.29 is 14.3 Å². The zero-order valence-corrected chi connectivity index (χ0v) is 20.2. The Bertz CT molecular complexity index is 988. The third kappa shape index (κ3) is 7.75. The van der Waals surface area contributed by atoms with Crippen molar-refractivity contribution in [3.05, 3.63) is 88.1 Å². The molecule has 0 aliphatic heterocycles. The van der Waals surface area contributed by atoms with Crippen molar-refractivity contribution in [2.75, 3.05) is 20.2 Å². The molecule has 2 aromatic carbocycles. The summed E-state index contributed by atoms with van der Waals surface area (Å²) < 4.78 is 5.20. The first kappa shape index (κ1) is 24.5. The van der Waals surface area contributed by atoms with E-state index in [1.165, 1.54) is 0 Å². The van der Waals surface area contributed by atoms with Gasteiger partial charge in [-0.1, -0.05) is 61.9 Å². The predicted octanol–water partition coefficient (Wildman–Crippen LogP) is 5.16. The number of unbranched alkanes of at least 4 members (excludes halogenated alkanes) is 1. The van der Waals surface area contributed by atoms with Crippen molar-refractivity contribution in [3.8, 4) is 5.75 Å². The first-order valence-electron chi connectivity index (χ1n) is 11.3. The summed E-state index contributed by atoms with van der Waals surface area (Å²) in [4.78, 5) is 31.2. The van der Waals surface area contributed by atoms with Gasteiger partial charge in [-0.25, -0.2) is 0 Å². The van der Waals surface area contributed by atoms with Crippen LogP contribution in [-0.4, -0.2) is 41.8 Å². The van der Waals surface area contributed by atoms with Crippen LogP contribution in [-0.2, 0) is 29.1 Å². The van der Waals surface area contributed by atoms with Crippen molar-refractivity contribution in [1.82, 2.24) is 9.80 Å². The maximum atomic E-state index is 13.4. The van der Waals surface area contributed by atoms with Gasteiger partial charge < -0.3 is 14.5 Å². The van der Waals surface area contributed by atoms with Gasteiger partial charge in [-0.3, -0.25) is 9.59 Å². The minimum absolute atomic E-state index is 0.0299. The van der Waals surface area contributed by atoms with Gasteiger partial charge in [-0.15, -0.1) is 11.3 Å². The zero-order chi connectivity index (χ0) is 23.5. The van der Waals surface area contributed by atoms with E-state index in [4.69, 9.17) is 4.74 Å². The molecule has 0 atom stereocenters. The van der Waals surface area contributed by atoms with Crippen molar-refractivity contribution in [1.29, 1.82) is 0 Å². The van der Waals surface area contributed by atoms with Gasteiger partial charge >= 0.3 is 0 Å². The summed E-state index contributed by atoms with van der Waals surface area (Å²) >= 11 is 1.64. The third-order valence-corrected chi connectivity index (χ3v) is 6.33. The Balaban J connectivity index is 1.71. The van der Waals surface area contributed by atoms with Gasteiger partial charge in [0.1, 0.15) is 5.75 Å². The van der Waals surface area contributed by atoms with Crippen molar-refractivity contribution >= 4 is 23.2 Å². The normalized spacial score (nSPS) is 10.6. The van der Waals surface area contributed by atoms with Gasteiger partial charge in [0, 0.05) is 18.0 Å². The number of carbonyl (C=O) groups is 2. The van der Waals surface area contributed by atoms with E-state index in [1.54, 1.807) is 23.3 Å². The number of amides is 2. The molecule has 6 heteroatoms. The average Bonchev–Trinajstić information content (AvgIpc) is 3.35. The fraction of sp³-hybridized carbons (Fsp3) is 0.333. The number of ether oxygens (including phenoxy) is 1. The van der Waals surface area contributed by atoms with Gasteiger partial charge in [0.25, 0.3) is 0 Å². The first-order chi connectivity index (χ1) is 16.1. The van der Waals surface area contributed by atoms with Crippen LogP contribution < -0.4 is 4.74 Å². The highest BCUT2D eigenvalue weighted by atomic mass is 32.1. The number of hydrogen-bond donors (Lipinski definition) is 0. The summed E-state index contributed by atoms with van der Waals surface area (Å²) in [6.07, 6.45) is 2.10. The fourth-order valence-electron chi connectivity index (χ4n) is 3.56. The molecule has 0 spiro atoms. The molecule has 0 aliphatic rings. The number of carbonyl (C=O) groups excluding carboxylic acids is 2. The Kier molecular flexibility index (Phi) is 9.51. The molecule has 0 bridgehead atoms. The van der Waals surface area contributed by atoms with Crippen molar-refractivity contribution in [2.24, 2.45) is 0 Å². The summed E-state index contributed by atoms with van der Waals surface area (Å²) in [5, 5.41) is 2.02. The number of thiophene rings is 1. The molecule has 0 fully saturated rings. The lowest BCUT2D eigenvalue weighted by Gasteiger charge is -2.28. The zero-order valence-electron chi connectivity index (χ0n) is 19.4. The summed E-state index contributed by atoms with van der Waals surface area (Å²) in [7, 11) is 1.62. The topological polar surface area (TPSA) is 49.9 Å². The van der Waals surface area contributed by atoms with E-state index in [-0.39, 0.29) is 24.8 Å². The molecule has 0 N–H and O–H groups in total. The van der Waals surface area contributed by atoms with Crippen LogP contribution in [0.1, 0.15) is 35.8 Å². The Labute approximate surface area is 200 Å². The SMILES string of the molecule is CCCCN(CC(=O)N(Cc1ccccc1)Cc1cccs1)C(=O)Cc1ccc(OC)cc1. The van der Waals surface area contributed by atoms with Gasteiger partial charge in [0.2, 0.25) is 11.8 Å². The maximum absolute atomic E-state index is 13.4. The molecule has 5 nitrogen and oxygen atoms in total. The van der Waals surface area contributed by atoms with E-state index in [0.717, 1.165) is 34.6 Å². The van der Waals surface area contributed by atoms with E-state index in [0.29, 0.717) is 19.6 Å². The molecule has 174 valence electrons. The molecule has 1 aromatic heterocycles. The lowest BCUT2D eigenvalue weighted by Crippen LogP contribution is -2.43. The van der Waals surface area contributed by atoms with Gasteiger partial charge in [0.05, 0.1) is 26.6 Å². The smallest absolute Gasteiger partial charge is 0.242 e. The van der Waals surface area contributed by atoms with Crippen molar-refractivity contribution in [2.45, 2.75) is 39.3 Å². The number of benzene rings is 2.